The van der Waals surface area contributed by atoms with E-state index < -0.39 is 6.10 Å². The summed E-state index contributed by atoms with van der Waals surface area (Å²) in [5.74, 6) is 0. The van der Waals surface area contributed by atoms with Gasteiger partial charge in [-0.25, -0.2) is 0 Å². The van der Waals surface area contributed by atoms with Crippen LogP contribution in [0.2, 0.25) is 0 Å². The predicted molar refractivity (Wildman–Crippen MR) is 56.6 cm³/mol. The number of hydrogen-bond acceptors (Lipinski definition) is 3. The SMILES string of the molecule is Cc1cc(C)n(C[C@@H](C)O)c(=O)c1C#N. The first-order chi connectivity index (χ1) is 6.97. The molecule has 0 aliphatic carbocycles. The molecule has 0 saturated carbocycles. The smallest absolute Gasteiger partial charge is 0.269 e. The van der Waals surface area contributed by atoms with Crippen molar-refractivity contribution in [2.45, 2.75) is 33.4 Å². The van der Waals surface area contributed by atoms with Crippen LogP contribution in [0.5, 0.6) is 0 Å². The van der Waals surface area contributed by atoms with E-state index in [4.69, 9.17) is 5.26 Å². The van der Waals surface area contributed by atoms with Gasteiger partial charge >= 0.3 is 0 Å². The van der Waals surface area contributed by atoms with Gasteiger partial charge in [0.25, 0.3) is 5.56 Å². The van der Waals surface area contributed by atoms with Crippen molar-refractivity contribution in [2.24, 2.45) is 0 Å². The predicted octanol–water partition coefficient (Wildman–Crippen LogP) is 0.718. The Bertz CT molecular complexity index is 467. The number of nitrogens with zero attached hydrogens (tertiary/aromatic N) is 2. The van der Waals surface area contributed by atoms with Crippen LogP contribution in [0.3, 0.4) is 0 Å². The number of hydrogen-bond donors (Lipinski definition) is 1. The summed E-state index contributed by atoms with van der Waals surface area (Å²) in [7, 11) is 0. The van der Waals surface area contributed by atoms with Crippen LogP contribution in [-0.4, -0.2) is 15.8 Å². The zero-order valence-corrected chi connectivity index (χ0v) is 9.11. The molecule has 0 saturated heterocycles. The number of nitriles is 1. The molecular formula is C11H14N2O2. The average Bonchev–Trinajstić information content (AvgIpc) is 2.12. The third-order valence-electron chi connectivity index (χ3n) is 2.26. The van der Waals surface area contributed by atoms with Crippen LogP contribution in [0.4, 0.5) is 0 Å². The van der Waals surface area contributed by atoms with Gasteiger partial charge in [0.2, 0.25) is 0 Å². The fourth-order valence-corrected chi connectivity index (χ4v) is 1.55. The van der Waals surface area contributed by atoms with Crippen LogP contribution in [-0.2, 0) is 6.54 Å². The largest absolute Gasteiger partial charge is 0.392 e. The number of aliphatic hydroxyl groups excluding tert-OH is 1. The second kappa shape index (κ2) is 4.28. The molecule has 80 valence electrons. The number of aromatic nitrogens is 1. The fourth-order valence-electron chi connectivity index (χ4n) is 1.55. The molecule has 4 heteroatoms. The van der Waals surface area contributed by atoms with Gasteiger partial charge in [-0.05, 0) is 32.4 Å². The topological polar surface area (TPSA) is 66.0 Å². The highest BCUT2D eigenvalue weighted by Gasteiger charge is 2.10. The first kappa shape index (κ1) is 11.5. The minimum Gasteiger partial charge on any atom is -0.392 e. The quantitative estimate of drug-likeness (QED) is 0.775. The second-order valence-corrected chi connectivity index (χ2v) is 3.72. The van der Waals surface area contributed by atoms with Crippen molar-refractivity contribution in [1.29, 1.82) is 5.26 Å². The second-order valence-electron chi connectivity index (χ2n) is 3.72. The molecule has 0 unspecified atom stereocenters. The van der Waals surface area contributed by atoms with E-state index in [0.717, 1.165) is 5.69 Å². The molecule has 1 atom stereocenters. The molecule has 1 aromatic heterocycles. The summed E-state index contributed by atoms with van der Waals surface area (Å²) in [6.45, 7) is 5.36. The minimum atomic E-state index is -0.601. The molecule has 15 heavy (non-hydrogen) atoms. The molecule has 0 aliphatic heterocycles. The highest BCUT2D eigenvalue weighted by molar-refractivity contribution is 5.36. The minimum absolute atomic E-state index is 0.154. The summed E-state index contributed by atoms with van der Waals surface area (Å²) < 4.78 is 1.43. The number of aliphatic hydroxyl groups is 1. The molecule has 0 radical (unpaired) electrons. The first-order valence-electron chi connectivity index (χ1n) is 4.76. The molecule has 0 bridgehead atoms. The third-order valence-corrected chi connectivity index (χ3v) is 2.26. The van der Waals surface area contributed by atoms with E-state index in [1.165, 1.54) is 4.57 Å². The standard InChI is InChI=1S/C11H14N2O2/c1-7-4-8(2)13(6-9(3)14)11(15)10(7)5-12/h4,9,14H,6H2,1-3H3/t9-/m1/s1. The van der Waals surface area contributed by atoms with E-state index >= 15 is 0 Å². The molecular weight excluding hydrogens is 192 g/mol. The summed E-state index contributed by atoms with van der Waals surface area (Å²) in [5.41, 5.74) is 1.27. The summed E-state index contributed by atoms with van der Waals surface area (Å²) in [5, 5.41) is 18.1. The van der Waals surface area contributed by atoms with Gasteiger partial charge in [0.15, 0.2) is 0 Å². The van der Waals surface area contributed by atoms with E-state index in [2.05, 4.69) is 0 Å². The zero-order chi connectivity index (χ0) is 11.6. The monoisotopic (exact) mass is 206 g/mol. The molecule has 0 aliphatic rings. The van der Waals surface area contributed by atoms with Gasteiger partial charge < -0.3 is 9.67 Å². The molecule has 0 amide bonds. The van der Waals surface area contributed by atoms with Gasteiger partial charge in [0, 0.05) is 5.69 Å². The van der Waals surface area contributed by atoms with Gasteiger partial charge in [-0.15, -0.1) is 0 Å². The number of rotatable bonds is 2. The Morgan fingerprint density at radius 1 is 1.60 bits per heavy atom. The van der Waals surface area contributed by atoms with Crippen LogP contribution in [0, 0.1) is 25.2 Å². The Kier molecular flexibility index (Phi) is 3.28. The summed E-state index contributed by atoms with van der Waals surface area (Å²) >= 11 is 0. The molecule has 1 rings (SSSR count). The van der Waals surface area contributed by atoms with Crippen molar-refractivity contribution >= 4 is 0 Å². The van der Waals surface area contributed by atoms with Gasteiger partial charge in [-0.1, -0.05) is 0 Å². The van der Waals surface area contributed by atoms with Crippen molar-refractivity contribution in [3.63, 3.8) is 0 Å². The maximum absolute atomic E-state index is 11.8. The molecule has 1 aromatic rings. The number of aryl methyl sites for hydroxylation is 2. The maximum atomic E-state index is 11.8. The lowest BCUT2D eigenvalue weighted by Crippen LogP contribution is -2.29. The van der Waals surface area contributed by atoms with Crippen LogP contribution in [0.25, 0.3) is 0 Å². The van der Waals surface area contributed by atoms with Gasteiger partial charge in [-0.3, -0.25) is 4.79 Å². The maximum Gasteiger partial charge on any atom is 0.269 e. The lowest BCUT2D eigenvalue weighted by atomic mass is 10.1. The van der Waals surface area contributed by atoms with Crippen molar-refractivity contribution in [3.05, 3.63) is 33.2 Å². The van der Waals surface area contributed by atoms with Gasteiger partial charge in [0.1, 0.15) is 11.6 Å². The average molecular weight is 206 g/mol. The Morgan fingerprint density at radius 2 is 2.20 bits per heavy atom. The lowest BCUT2D eigenvalue weighted by molar-refractivity contribution is 0.171. The van der Waals surface area contributed by atoms with E-state index in [0.29, 0.717) is 5.56 Å². The van der Waals surface area contributed by atoms with Crippen molar-refractivity contribution < 1.29 is 5.11 Å². The van der Waals surface area contributed by atoms with E-state index in [1.807, 2.05) is 6.07 Å². The zero-order valence-electron chi connectivity index (χ0n) is 9.11. The van der Waals surface area contributed by atoms with Crippen LogP contribution < -0.4 is 5.56 Å². The van der Waals surface area contributed by atoms with Crippen molar-refractivity contribution in [1.82, 2.24) is 4.57 Å². The summed E-state index contributed by atoms with van der Waals surface area (Å²) in [6.07, 6.45) is -0.601. The van der Waals surface area contributed by atoms with E-state index in [-0.39, 0.29) is 17.7 Å². The highest BCUT2D eigenvalue weighted by Crippen LogP contribution is 2.05. The number of pyridine rings is 1. The third kappa shape index (κ3) is 2.25. The van der Waals surface area contributed by atoms with E-state index in [1.54, 1.807) is 26.8 Å². The van der Waals surface area contributed by atoms with E-state index in [9.17, 15) is 9.90 Å². The normalized spacial score (nSPS) is 12.2. The van der Waals surface area contributed by atoms with Gasteiger partial charge in [0.05, 0.1) is 12.6 Å². The summed E-state index contributed by atoms with van der Waals surface area (Å²) in [4.78, 5) is 11.8. The molecule has 1 heterocycles. The molecule has 1 N–H and O–H groups in total. The van der Waals surface area contributed by atoms with Crippen LogP contribution in [0.15, 0.2) is 10.9 Å². The lowest BCUT2D eigenvalue weighted by Gasteiger charge is -2.13. The molecule has 4 nitrogen and oxygen atoms in total. The van der Waals surface area contributed by atoms with Crippen LogP contribution in [0.1, 0.15) is 23.7 Å². The summed E-state index contributed by atoms with van der Waals surface area (Å²) in [6, 6.07) is 3.67. The Morgan fingerprint density at radius 3 is 2.67 bits per heavy atom. The molecule has 0 spiro atoms. The fraction of sp³-hybridized carbons (Fsp3) is 0.455. The Labute approximate surface area is 88.4 Å². The molecule has 0 fully saturated rings. The molecule has 0 aromatic carbocycles. The van der Waals surface area contributed by atoms with Crippen molar-refractivity contribution in [3.8, 4) is 6.07 Å². The van der Waals surface area contributed by atoms with Gasteiger partial charge in [-0.2, -0.15) is 5.26 Å². The Hall–Kier alpha value is -1.60. The Balaban J connectivity index is 3.41. The highest BCUT2D eigenvalue weighted by atomic mass is 16.3. The van der Waals surface area contributed by atoms with Crippen LogP contribution >= 0.6 is 0 Å². The first-order valence-corrected chi connectivity index (χ1v) is 4.76. The van der Waals surface area contributed by atoms with Crippen molar-refractivity contribution in [2.75, 3.05) is 0 Å².